The van der Waals surface area contributed by atoms with Gasteiger partial charge in [0.25, 0.3) is 0 Å². The molecule has 2 heterocycles. The molecule has 3 rings (SSSR count). The molecule has 0 unspecified atom stereocenters. The van der Waals surface area contributed by atoms with Crippen LogP contribution in [0.3, 0.4) is 0 Å². The Morgan fingerprint density at radius 1 is 1.29 bits per heavy atom. The summed E-state index contributed by atoms with van der Waals surface area (Å²) < 4.78 is 1.74. The van der Waals surface area contributed by atoms with E-state index in [4.69, 9.17) is 16.6 Å². The Morgan fingerprint density at radius 3 is 2.71 bits per heavy atom. The lowest BCUT2D eigenvalue weighted by Gasteiger charge is -2.09. The summed E-state index contributed by atoms with van der Waals surface area (Å²) in [6.45, 7) is 4.05. The molecule has 17 heavy (non-hydrogen) atoms. The molecule has 3 nitrogen and oxygen atoms in total. The lowest BCUT2D eigenvalue weighted by atomic mass is 10.0. The van der Waals surface area contributed by atoms with Crippen LogP contribution in [0.25, 0.3) is 5.65 Å². The Bertz CT molecular complexity index is 568. The van der Waals surface area contributed by atoms with Crippen molar-refractivity contribution in [1.29, 1.82) is 0 Å². The molecule has 0 bridgehead atoms. The molecule has 1 aliphatic rings. The van der Waals surface area contributed by atoms with E-state index in [0.29, 0.717) is 11.1 Å². The molecule has 0 N–H and O–H groups in total. The van der Waals surface area contributed by atoms with Gasteiger partial charge in [0.1, 0.15) is 5.15 Å². The Balaban J connectivity index is 2.18. The molecule has 0 atom stereocenters. The SMILES string of the molecule is Cc1nn2c(Cl)cc(C3CCCC3)nc2c1C. The molecular formula is C13H16ClN3. The Kier molecular flexibility index (Phi) is 2.58. The molecule has 0 radical (unpaired) electrons. The molecule has 0 aliphatic heterocycles. The molecule has 0 amide bonds. The van der Waals surface area contributed by atoms with Crippen molar-refractivity contribution in [2.24, 2.45) is 0 Å². The second-order valence-electron chi connectivity index (χ2n) is 4.93. The number of halogens is 1. The van der Waals surface area contributed by atoms with E-state index in [9.17, 15) is 0 Å². The van der Waals surface area contributed by atoms with Gasteiger partial charge >= 0.3 is 0 Å². The Hall–Kier alpha value is -1.09. The van der Waals surface area contributed by atoms with Crippen LogP contribution in [0.4, 0.5) is 0 Å². The highest BCUT2D eigenvalue weighted by atomic mass is 35.5. The van der Waals surface area contributed by atoms with E-state index in [0.717, 1.165) is 22.6 Å². The van der Waals surface area contributed by atoms with Gasteiger partial charge in [-0.1, -0.05) is 24.4 Å². The van der Waals surface area contributed by atoms with Gasteiger partial charge in [-0.25, -0.2) is 9.50 Å². The minimum Gasteiger partial charge on any atom is -0.233 e. The number of aromatic nitrogens is 3. The molecule has 1 fully saturated rings. The van der Waals surface area contributed by atoms with Crippen LogP contribution in [-0.4, -0.2) is 14.6 Å². The maximum Gasteiger partial charge on any atom is 0.160 e. The van der Waals surface area contributed by atoms with Gasteiger partial charge in [0.05, 0.1) is 5.69 Å². The summed E-state index contributed by atoms with van der Waals surface area (Å²) in [5.74, 6) is 0.590. The van der Waals surface area contributed by atoms with Crippen LogP contribution < -0.4 is 0 Å². The van der Waals surface area contributed by atoms with Gasteiger partial charge in [0, 0.05) is 17.2 Å². The van der Waals surface area contributed by atoms with E-state index >= 15 is 0 Å². The van der Waals surface area contributed by atoms with Crippen molar-refractivity contribution in [1.82, 2.24) is 14.6 Å². The number of hydrogen-bond acceptors (Lipinski definition) is 2. The summed E-state index contributed by atoms with van der Waals surface area (Å²) in [7, 11) is 0. The topological polar surface area (TPSA) is 30.2 Å². The zero-order chi connectivity index (χ0) is 12.0. The molecule has 1 aliphatic carbocycles. The monoisotopic (exact) mass is 249 g/mol. The van der Waals surface area contributed by atoms with Crippen LogP contribution in [0, 0.1) is 13.8 Å². The molecule has 0 spiro atoms. The van der Waals surface area contributed by atoms with Gasteiger partial charge in [-0.05, 0) is 32.8 Å². The highest BCUT2D eigenvalue weighted by Gasteiger charge is 2.20. The van der Waals surface area contributed by atoms with Gasteiger partial charge in [-0.2, -0.15) is 5.10 Å². The molecular weight excluding hydrogens is 234 g/mol. The zero-order valence-corrected chi connectivity index (χ0v) is 11.0. The van der Waals surface area contributed by atoms with E-state index in [1.165, 1.54) is 25.7 Å². The number of nitrogens with zero attached hydrogens (tertiary/aromatic N) is 3. The third-order valence-electron chi connectivity index (χ3n) is 3.81. The van der Waals surface area contributed by atoms with Crippen LogP contribution >= 0.6 is 11.6 Å². The van der Waals surface area contributed by atoms with Gasteiger partial charge in [0.15, 0.2) is 5.65 Å². The quantitative estimate of drug-likeness (QED) is 0.722. The summed E-state index contributed by atoms with van der Waals surface area (Å²) in [6, 6.07) is 1.98. The largest absolute Gasteiger partial charge is 0.233 e. The fourth-order valence-electron chi connectivity index (χ4n) is 2.64. The summed E-state index contributed by atoms with van der Waals surface area (Å²) >= 11 is 6.29. The summed E-state index contributed by atoms with van der Waals surface area (Å²) in [6.07, 6.45) is 5.11. The summed E-state index contributed by atoms with van der Waals surface area (Å²) in [4.78, 5) is 4.75. The standard InChI is InChI=1S/C13H16ClN3/c1-8-9(2)16-17-12(14)7-11(15-13(8)17)10-5-3-4-6-10/h7,10H,3-6H2,1-2H3. The first kappa shape index (κ1) is 11.0. The van der Waals surface area contributed by atoms with E-state index < -0.39 is 0 Å². The maximum absolute atomic E-state index is 6.29. The molecule has 90 valence electrons. The Labute approximate surface area is 106 Å². The van der Waals surface area contributed by atoms with Crippen molar-refractivity contribution in [3.8, 4) is 0 Å². The van der Waals surface area contributed by atoms with E-state index in [2.05, 4.69) is 12.0 Å². The van der Waals surface area contributed by atoms with Gasteiger partial charge in [-0.3, -0.25) is 0 Å². The number of hydrogen-bond donors (Lipinski definition) is 0. The summed E-state index contributed by atoms with van der Waals surface area (Å²) in [5, 5.41) is 5.08. The van der Waals surface area contributed by atoms with Gasteiger partial charge < -0.3 is 0 Å². The van der Waals surface area contributed by atoms with Crippen molar-refractivity contribution in [3.05, 3.63) is 28.2 Å². The van der Waals surface area contributed by atoms with Gasteiger partial charge in [0.2, 0.25) is 0 Å². The first-order valence-electron chi connectivity index (χ1n) is 6.19. The van der Waals surface area contributed by atoms with Crippen molar-refractivity contribution in [3.63, 3.8) is 0 Å². The predicted octanol–water partition coefficient (Wildman–Crippen LogP) is 3.66. The van der Waals surface area contributed by atoms with Crippen LogP contribution in [0.5, 0.6) is 0 Å². The molecule has 1 saturated carbocycles. The minimum absolute atomic E-state index is 0.590. The van der Waals surface area contributed by atoms with Crippen molar-refractivity contribution >= 4 is 17.2 Å². The lowest BCUT2D eigenvalue weighted by Crippen LogP contribution is -2.01. The highest BCUT2D eigenvalue weighted by Crippen LogP contribution is 2.34. The molecule has 0 saturated heterocycles. The third kappa shape index (κ3) is 1.73. The second-order valence-corrected chi connectivity index (χ2v) is 5.32. The summed E-state index contributed by atoms with van der Waals surface area (Å²) in [5.41, 5.74) is 4.19. The number of rotatable bonds is 1. The van der Waals surface area contributed by atoms with Crippen LogP contribution in [0.15, 0.2) is 6.07 Å². The smallest absolute Gasteiger partial charge is 0.160 e. The first-order valence-corrected chi connectivity index (χ1v) is 6.57. The molecule has 0 aromatic carbocycles. The first-order chi connectivity index (χ1) is 8.16. The van der Waals surface area contributed by atoms with Crippen molar-refractivity contribution < 1.29 is 0 Å². The van der Waals surface area contributed by atoms with Crippen LogP contribution in [0.2, 0.25) is 5.15 Å². The highest BCUT2D eigenvalue weighted by molar-refractivity contribution is 6.29. The van der Waals surface area contributed by atoms with E-state index in [1.54, 1.807) is 4.52 Å². The van der Waals surface area contributed by atoms with Gasteiger partial charge in [-0.15, -0.1) is 0 Å². The van der Waals surface area contributed by atoms with E-state index in [1.807, 2.05) is 13.0 Å². The normalized spacial score (nSPS) is 17.1. The second kappa shape index (κ2) is 3.98. The third-order valence-corrected chi connectivity index (χ3v) is 4.08. The Morgan fingerprint density at radius 2 is 2.00 bits per heavy atom. The number of fused-ring (bicyclic) bond motifs is 1. The number of aryl methyl sites for hydroxylation is 2. The minimum atomic E-state index is 0.590. The van der Waals surface area contributed by atoms with E-state index in [-0.39, 0.29) is 0 Å². The fraction of sp³-hybridized carbons (Fsp3) is 0.538. The maximum atomic E-state index is 6.29. The molecule has 2 aromatic heterocycles. The van der Waals surface area contributed by atoms with Crippen LogP contribution in [-0.2, 0) is 0 Å². The zero-order valence-electron chi connectivity index (χ0n) is 10.2. The van der Waals surface area contributed by atoms with Crippen LogP contribution in [0.1, 0.15) is 48.6 Å². The molecule has 2 aromatic rings. The predicted molar refractivity (Wildman–Crippen MR) is 68.7 cm³/mol. The molecule has 4 heteroatoms. The van der Waals surface area contributed by atoms with Crippen molar-refractivity contribution in [2.45, 2.75) is 45.4 Å². The fourth-order valence-corrected chi connectivity index (χ4v) is 2.87. The van der Waals surface area contributed by atoms with Crippen molar-refractivity contribution in [2.75, 3.05) is 0 Å². The average Bonchev–Trinajstić information content (AvgIpc) is 2.91. The average molecular weight is 250 g/mol. The lowest BCUT2D eigenvalue weighted by molar-refractivity contribution is 0.694.